The molecule has 4 atom stereocenters. The second-order valence-corrected chi connectivity index (χ2v) is 25.8. The van der Waals surface area contributed by atoms with Crippen LogP contribution >= 0.6 is 0 Å². The van der Waals surface area contributed by atoms with Gasteiger partial charge in [0.1, 0.15) is 17.9 Å². The van der Waals surface area contributed by atoms with E-state index in [2.05, 4.69) is 35.0 Å². The van der Waals surface area contributed by atoms with Gasteiger partial charge >= 0.3 is 35.8 Å². The van der Waals surface area contributed by atoms with Gasteiger partial charge in [-0.15, -0.1) is 0 Å². The number of piperazine rings is 2. The van der Waals surface area contributed by atoms with E-state index in [9.17, 15) is 28.8 Å². The molecule has 0 spiro atoms. The van der Waals surface area contributed by atoms with Crippen LogP contribution in [0.15, 0.2) is 79.3 Å². The Kier molecular flexibility index (Phi) is 16.6. The second-order valence-electron chi connectivity index (χ2n) is 20.2. The Morgan fingerprint density at radius 1 is 0.687 bits per heavy atom. The van der Waals surface area contributed by atoms with Gasteiger partial charge in [0.2, 0.25) is 0 Å². The van der Waals surface area contributed by atoms with Gasteiger partial charge in [-0.1, -0.05) is 80.3 Å². The van der Waals surface area contributed by atoms with Gasteiger partial charge < -0.3 is 44.9 Å². The highest BCUT2D eigenvalue weighted by Gasteiger charge is 2.42. The SMILES string of the molecule is C[C@@H]1CN(C(=O)C(=O)Nc2cncc3cnn(COCC[Si](C)(C)C)c23)[C@@H](c2ccccc2)CN1C(=O)OC(C)(C)C.C[C@@H]1CN(C(=O)C(N)=O)[C@@H](c2ccccc2)CN1C(=O)OC(C)(C)C. The number of ether oxygens (including phenoxy) is 3. The molecule has 6 rings (SSSR count). The third-order valence-corrected chi connectivity index (χ3v) is 12.7. The maximum Gasteiger partial charge on any atom is 0.410 e. The average molecular weight is 942 g/mol. The van der Waals surface area contributed by atoms with Crippen LogP contribution in [0.3, 0.4) is 0 Å². The Hall–Kier alpha value is -6.34. The number of amides is 6. The number of nitrogens with two attached hydrogens (primary N) is 1. The van der Waals surface area contributed by atoms with Crippen LogP contribution in [0.5, 0.6) is 0 Å². The molecule has 2 aromatic heterocycles. The van der Waals surface area contributed by atoms with E-state index in [-0.39, 0.29) is 45.0 Å². The van der Waals surface area contributed by atoms with E-state index < -0.39 is 67.2 Å². The molecule has 2 aromatic carbocycles. The number of hydrogen-bond acceptors (Lipinski definition) is 11. The van der Waals surface area contributed by atoms with Crippen molar-refractivity contribution in [3.05, 3.63) is 90.4 Å². The summed E-state index contributed by atoms with van der Waals surface area (Å²) in [6, 6.07) is 18.0. The number of nitrogens with zero attached hydrogens (tertiary/aromatic N) is 7. The van der Waals surface area contributed by atoms with Crippen LogP contribution in [0, 0.1) is 0 Å². The van der Waals surface area contributed by atoms with Gasteiger partial charge in [-0.05, 0) is 72.6 Å². The maximum atomic E-state index is 13.7. The largest absolute Gasteiger partial charge is 0.444 e. The molecule has 0 aliphatic carbocycles. The lowest BCUT2D eigenvalue weighted by Gasteiger charge is -2.45. The average Bonchev–Trinajstić information content (AvgIpc) is 3.67. The number of nitrogens with one attached hydrogen (secondary N) is 1. The highest BCUT2D eigenvalue weighted by molar-refractivity contribution is 6.76. The van der Waals surface area contributed by atoms with Crippen LogP contribution in [0.4, 0.5) is 15.3 Å². The molecule has 362 valence electrons. The predicted molar refractivity (Wildman–Crippen MR) is 256 cm³/mol. The summed E-state index contributed by atoms with van der Waals surface area (Å²) in [5.41, 5.74) is 6.57. The van der Waals surface area contributed by atoms with E-state index in [1.807, 2.05) is 95.3 Å². The first-order chi connectivity index (χ1) is 31.3. The summed E-state index contributed by atoms with van der Waals surface area (Å²) < 4.78 is 18.6. The van der Waals surface area contributed by atoms with Crippen molar-refractivity contribution in [3.63, 3.8) is 0 Å². The first-order valence-electron chi connectivity index (χ1n) is 22.5. The molecule has 67 heavy (non-hydrogen) atoms. The van der Waals surface area contributed by atoms with Crippen molar-refractivity contribution < 1.29 is 43.0 Å². The fraction of sp³-hybridized carbons (Fsp3) is 0.500. The van der Waals surface area contributed by atoms with E-state index in [4.69, 9.17) is 19.9 Å². The fourth-order valence-electron chi connectivity index (χ4n) is 7.68. The number of benzene rings is 2. The smallest absolute Gasteiger partial charge is 0.410 e. The maximum absolute atomic E-state index is 13.7. The van der Waals surface area contributed by atoms with Crippen molar-refractivity contribution in [2.24, 2.45) is 5.73 Å². The summed E-state index contributed by atoms with van der Waals surface area (Å²) in [4.78, 5) is 86.8. The fourth-order valence-corrected chi connectivity index (χ4v) is 8.44. The molecular formula is C48H67N9O9Si. The minimum atomic E-state index is -1.24. The molecule has 0 unspecified atom stereocenters. The Balaban J connectivity index is 0.000000286. The second kappa shape index (κ2) is 21.5. The summed E-state index contributed by atoms with van der Waals surface area (Å²) in [6.07, 6.45) is 3.93. The van der Waals surface area contributed by atoms with E-state index >= 15 is 0 Å². The predicted octanol–water partition coefficient (Wildman–Crippen LogP) is 6.57. The van der Waals surface area contributed by atoms with Crippen molar-refractivity contribution in [3.8, 4) is 0 Å². The molecule has 2 aliphatic heterocycles. The molecule has 0 bridgehead atoms. The number of fused-ring (bicyclic) bond motifs is 1. The van der Waals surface area contributed by atoms with Crippen LogP contribution in [0.1, 0.15) is 78.6 Å². The molecular weight excluding hydrogens is 875 g/mol. The number of aromatic nitrogens is 3. The first-order valence-corrected chi connectivity index (χ1v) is 26.2. The number of hydrogen-bond donors (Lipinski definition) is 2. The van der Waals surface area contributed by atoms with E-state index in [0.29, 0.717) is 17.8 Å². The normalized spacial score (nSPS) is 19.0. The quantitative estimate of drug-likeness (QED) is 0.110. The molecule has 6 amide bonds. The molecule has 18 nitrogen and oxygen atoms in total. The van der Waals surface area contributed by atoms with Gasteiger partial charge in [0, 0.05) is 64.5 Å². The zero-order valence-corrected chi connectivity index (χ0v) is 41.6. The summed E-state index contributed by atoms with van der Waals surface area (Å²) in [5.74, 6) is -3.24. The highest BCUT2D eigenvalue weighted by Crippen LogP contribution is 2.32. The number of carbonyl (C=O) groups is 6. The standard InChI is InChI=1S/C30H42N6O5Si.C18H25N3O4/c1-21-18-35(25(22-11-9-8-10-12-22)19-34(21)29(39)41-30(2,3)4)28(38)27(37)33-24-17-31-15-23-16-32-36(26(23)24)20-40-13-14-42(5,6)7;1-12-10-21(16(23)15(19)22)14(13-8-6-5-7-9-13)11-20(12)17(24)25-18(2,3)4/h8-12,15-17,21,25H,13-14,18-20H2,1-7H3,(H,33,37);5-9,12,14H,10-11H2,1-4H3,(H2,19,22)/t21-,25-;12-,14-/m11/s1. The third kappa shape index (κ3) is 14.1. The van der Waals surface area contributed by atoms with Gasteiger partial charge in [-0.3, -0.25) is 24.2 Å². The van der Waals surface area contributed by atoms with Crippen molar-refractivity contribution in [1.82, 2.24) is 34.4 Å². The van der Waals surface area contributed by atoms with Crippen LogP contribution in [0.2, 0.25) is 25.7 Å². The summed E-state index contributed by atoms with van der Waals surface area (Å²) in [6.45, 7) is 23.0. The molecule has 4 heterocycles. The Morgan fingerprint density at radius 2 is 1.16 bits per heavy atom. The third-order valence-electron chi connectivity index (χ3n) is 11.0. The first kappa shape index (κ1) is 51.6. The van der Waals surface area contributed by atoms with Gasteiger partial charge in [-0.2, -0.15) is 5.10 Å². The van der Waals surface area contributed by atoms with Gasteiger partial charge in [0.25, 0.3) is 0 Å². The highest BCUT2D eigenvalue weighted by atomic mass is 28.3. The number of pyridine rings is 1. The Labute approximate surface area is 394 Å². The van der Waals surface area contributed by atoms with Crippen LogP contribution in [-0.4, -0.2) is 134 Å². The topological polar surface area (TPSA) is 212 Å². The Morgan fingerprint density at radius 3 is 1.61 bits per heavy atom. The lowest BCUT2D eigenvalue weighted by atomic mass is 9.99. The summed E-state index contributed by atoms with van der Waals surface area (Å²) >= 11 is 0. The lowest BCUT2D eigenvalue weighted by Crippen LogP contribution is -2.59. The zero-order valence-electron chi connectivity index (χ0n) is 40.6. The Bertz CT molecular complexity index is 2380. The van der Waals surface area contributed by atoms with Crippen LogP contribution < -0.4 is 11.1 Å². The number of rotatable bonds is 8. The van der Waals surface area contributed by atoms with Crippen LogP contribution in [0.25, 0.3) is 10.9 Å². The lowest BCUT2D eigenvalue weighted by molar-refractivity contribution is -0.148. The number of anilines is 1. The minimum absolute atomic E-state index is 0.163. The zero-order chi connectivity index (χ0) is 49.4. The molecule has 4 aromatic rings. The monoisotopic (exact) mass is 941 g/mol. The van der Waals surface area contributed by atoms with Crippen molar-refractivity contribution in [2.45, 2.75) is 123 Å². The molecule has 2 saturated heterocycles. The summed E-state index contributed by atoms with van der Waals surface area (Å²) in [5, 5.41) is 7.90. The van der Waals surface area contributed by atoms with E-state index in [1.165, 1.54) is 16.0 Å². The summed E-state index contributed by atoms with van der Waals surface area (Å²) in [7, 11) is -1.24. The van der Waals surface area contributed by atoms with Crippen molar-refractivity contribution in [1.29, 1.82) is 0 Å². The molecule has 2 fully saturated rings. The van der Waals surface area contributed by atoms with Crippen molar-refractivity contribution >= 4 is 60.5 Å². The molecule has 2 aliphatic rings. The van der Waals surface area contributed by atoms with Crippen LogP contribution in [-0.2, 0) is 40.1 Å². The van der Waals surface area contributed by atoms with Crippen molar-refractivity contribution in [2.75, 3.05) is 38.1 Å². The van der Waals surface area contributed by atoms with Gasteiger partial charge in [0.15, 0.2) is 0 Å². The number of carbonyl (C=O) groups excluding carboxylic acids is 6. The van der Waals surface area contributed by atoms with Gasteiger partial charge in [0.05, 0.1) is 35.7 Å². The molecule has 0 radical (unpaired) electrons. The molecule has 0 saturated carbocycles. The number of primary amides is 1. The van der Waals surface area contributed by atoms with E-state index in [1.54, 1.807) is 47.6 Å². The molecule has 3 N–H and O–H groups in total. The van der Waals surface area contributed by atoms with E-state index in [0.717, 1.165) is 22.6 Å². The molecule has 19 heteroatoms. The minimum Gasteiger partial charge on any atom is -0.444 e. The van der Waals surface area contributed by atoms with Gasteiger partial charge in [-0.25, -0.2) is 14.3 Å².